The normalized spacial score (nSPS) is 18.4. The van der Waals surface area contributed by atoms with Crippen LogP contribution in [0.4, 0.5) is 5.69 Å². The maximum atomic E-state index is 13.0. The molecule has 0 bridgehead atoms. The molecule has 0 radical (unpaired) electrons. The number of ether oxygens (including phenoxy) is 3. The van der Waals surface area contributed by atoms with Crippen LogP contribution < -0.4 is 19.5 Å². The van der Waals surface area contributed by atoms with Crippen molar-refractivity contribution in [3.8, 4) is 17.2 Å². The van der Waals surface area contributed by atoms with E-state index in [1.54, 1.807) is 37.4 Å². The van der Waals surface area contributed by atoms with Gasteiger partial charge in [0.2, 0.25) is 5.91 Å². The number of amides is 1. The average Bonchev–Trinajstić information content (AvgIpc) is 2.77. The molecule has 0 saturated carbocycles. The van der Waals surface area contributed by atoms with Crippen molar-refractivity contribution < 1.29 is 27.4 Å². The number of nitrogens with zero attached hydrogens (tertiary/aromatic N) is 2. The fourth-order valence-corrected chi connectivity index (χ4v) is 5.19. The second-order valence-corrected chi connectivity index (χ2v) is 9.21. The van der Waals surface area contributed by atoms with E-state index in [9.17, 15) is 13.2 Å². The zero-order valence-corrected chi connectivity index (χ0v) is 18.1. The molecule has 2 heterocycles. The second kappa shape index (κ2) is 9.13. The van der Waals surface area contributed by atoms with Gasteiger partial charge in [0.15, 0.2) is 11.5 Å². The lowest BCUT2D eigenvalue weighted by atomic mass is 10.2. The third kappa shape index (κ3) is 4.92. The van der Waals surface area contributed by atoms with Crippen LogP contribution in [0, 0.1) is 0 Å². The molecule has 2 aromatic carbocycles. The molecule has 1 amide bonds. The highest BCUT2D eigenvalue weighted by Crippen LogP contribution is 2.32. The van der Waals surface area contributed by atoms with E-state index in [4.69, 9.17) is 14.2 Å². The summed E-state index contributed by atoms with van der Waals surface area (Å²) in [6.45, 7) is 1.63. The predicted molar refractivity (Wildman–Crippen MR) is 115 cm³/mol. The van der Waals surface area contributed by atoms with Gasteiger partial charge in [0.05, 0.1) is 13.7 Å². The summed E-state index contributed by atoms with van der Waals surface area (Å²) < 4.78 is 44.8. The van der Waals surface area contributed by atoms with Crippen LogP contribution in [-0.2, 0) is 21.5 Å². The Balaban J connectivity index is 1.39. The van der Waals surface area contributed by atoms with Crippen molar-refractivity contribution in [1.29, 1.82) is 0 Å². The molecule has 31 heavy (non-hydrogen) atoms. The third-order valence-electron chi connectivity index (χ3n) is 5.13. The Bertz CT molecular complexity index is 1040. The molecular formula is C21H25N3O6S. The minimum absolute atomic E-state index is 0.243. The molecule has 166 valence electrons. The highest BCUT2D eigenvalue weighted by atomic mass is 32.2. The predicted octanol–water partition coefficient (Wildman–Crippen LogP) is 1.86. The number of benzene rings is 2. The van der Waals surface area contributed by atoms with Crippen LogP contribution in [-0.4, -0.2) is 62.9 Å². The monoisotopic (exact) mass is 447 g/mol. The Kier molecular flexibility index (Phi) is 6.30. The zero-order chi connectivity index (χ0) is 21.8. The van der Waals surface area contributed by atoms with Crippen molar-refractivity contribution >= 4 is 21.8 Å². The lowest BCUT2D eigenvalue weighted by molar-refractivity contribution is -0.116. The summed E-state index contributed by atoms with van der Waals surface area (Å²) in [4.78, 5) is 12.6. The van der Waals surface area contributed by atoms with Crippen LogP contribution in [0.25, 0.3) is 0 Å². The van der Waals surface area contributed by atoms with Crippen LogP contribution in [0.5, 0.6) is 17.2 Å². The smallest absolute Gasteiger partial charge is 0.282 e. The summed E-state index contributed by atoms with van der Waals surface area (Å²) in [7, 11) is -2.17. The van der Waals surface area contributed by atoms with E-state index in [-0.39, 0.29) is 13.1 Å². The molecule has 9 nitrogen and oxygen atoms in total. The molecule has 0 aliphatic carbocycles. The summed E-state index contributed by atoms with van der Waals surface area (Å²) in [5.74, 6) is 1.48. The molecule has 0 atom stereocenters. The summed E-state index contributed by atoms with van der Waals surface area (Å²) >= 11 is 0. The molecule has 2 aliphatic rings. The Morgan fingerprint density at radius 1 is 1.03 bits per heavy atom. The van der Waals surface area contributed by atoms with Gasteiger partial charge in [-0.3, -0.25) is 4.79 Å². The first-order chi connectivity index (χ1) is 15.0. The number of rotatable bonds is 6. The molecule has 1 fully saturated rings. The van der Waals surface area contributed by atoms with E-state index in [0.29, 0.717) is 55.7 Å². The average molecular weight is 448 g/mol. The Morgan fingerprint density at radius 2 is 1.74 bits per heavy atom. The van der Waals surface area contributed by atoms with Crippen LogP contribution in [0.1, 0.15) is 12.0 Å². The molecule has 10 heteroatoms. The first-order valence-corrected chi connectivity index (χ1v) is 11.4. The Hall–Kier alpha value is -2.82. The van der Waals surface area contributed by atoms with E-state index in [1.807, 2.05) is 12.1 Å². The van der Waals surface area contributed by atoms with Gasteiger partial charge in [-0.25, -0.2) is 0 Å². The van der Waals surface area contributed by atoms with Crippen LogP contribution >= 0.6 is 0 Å². The number of methoxy groups -OCH3 is 1. The third-order valence-corrected chi connectivity index (χ3v) is 7.06. The topological polar surface area (TPSA) is 97.4 Å². The van der Waals surface area contributed by atoms with E-state index >= 15 is 0 Å². The van der Waals surface area contributed by atoms with Gasteiger partial charge < -0.3 is 19.5 Å². The summed E-state index contributed by atoms with van der Waals surface area (Å²) in [6, 6.07) is 12.4. The number of hydrogen-bond acceptors (Lipinski definition) is 6. The second-order valence-electron chi connectivity index (χ2n) is 7.28. The molecule has 1 saturated heterocycles. The number of carbonyl (C=O) groups is 1. The first-order valence-electron chi connectivity index (χ1n) is 10.0. The zero-order valence-electron chi connectivity index (χ0n) is 17.2. The molecule has 0 spiro atoms. The number of anilines is 1. The van der Waals surface area contributed by atoms with Crippen LogP contribution in [0.2, 0.25) is 0 Å². The van der Waals surface area contributed by atoms with Gasteiger partial charge >= 0.3 is 0 Å². The van der Waals surface area contributed by atoms with E-state index in [0.717, 1.165) is 5.56 Å². The van der Waals surface area contributed by atoms with E-state index < -0.39 is 16.1 Å². The maximum absolute atomic E-state index is 13.0. The molecule has 4 rings (SSSR count). The van der Waals surface area contributed by atoms with Gasteiger partial charge in [0.1, 0.15) is 19.0 Å². The fraction of sp³-hybridized carbons (Fsp3) is 0.381. The van der Waals surface area contributed by atoms with Crippen LogP contribution in [0.3, 0.4) is 0 Å². The van der Waals surface area contributed by atoms with Gasteiger partial charge in [-0.05, 0) is 36.2 Å². The van der Waals surface area contributed by atoms with Gasteiger partial charge in [-0.15, -0.1) is 0 Å². The number of fused-ring (bicyclic) bond motifs is 1. The van der Waals surface area contributed by atoms with Gasteiger partial charge in [-0.1, -0.05) is 12.1 Å². The minimum atomic E-state index is -3.75. The molecule has 2 aliphatic heterocycles. The van der Waals surface area contributed by atoms with E-state index in [2.05, 4.69) is 5.32 Å². The highest BCUT2D eigenvalue weighted by Gasteiger charge is 2.34. The molecular weight excluding hydrogens is 422 g/mol. The van der Waals surface area contributed by atoms with Crippen molar-refractivity contribution in [1.82, 2.24) is 8.61 Å². The van der Waals surface area contributed by atoms with Gasteiger partial charge in [0, 0.05) is 31.4 Å². The SMILES string of the molecule is COc1ccc(CN2CCCN(CC(=O)Nc3ccc4c(c3)OCCO4)S2(=O)=O)cc1. The van der Waals surface area contributed by atoms with Crippen molar-refractivity contribution in [3.05, 3.63) is 48.0 Å². The lowest BCUT2D eigenvalue weighted by Gasteiger charge is -2.34. The van der Waals surface area contributed by atoms with Crippen molar-refractivity contribution in [2.75, 3.05) is 45.3 Å². The van der Waals surface area contributed by atoms with Crippen molar-refractivity contribution in [3.63, 3.8) is 0 Å². The van der Waals surface area contributed by atoms with Crippen LogP contribution in [0.15, 0.2) is 42.5 Å². The molecule has 2 aromatic rings. The minimum Gasteiger partial charge on any atom is -0.497 e. The van der Waals surface area contributed by atoms with E-state index in [1.165, 1.54) is 8.61 Å². The summed E-state index contributed by atoms with van der Waals surface area (Å²) in [5.41, 5.74) is 1.38. The maximum Gasteiger partial charge on any atom is 0.282 e. The first kappa shape index (κ1) is 21.4. The Labute approximate surface area is 181 Å². The number of carbonyl (C=O) groups excluding carboxylic acids is 1. The lowest BCUT2D eigenvalue weighted by Crippen LogP contribution is -2.51. The van der Waals surface area contributed by atoms with Crippen molar-refractivity contribution in [2.24, 2.45) is 0 Å². The molecule has 0 unspecified atom stereocenters. The van der Waals surface area contributed by atoms with Gasteiger partial charge in [0.25, 0.3) is 10.2 Å². The van der Waals surface area contributed by atoms with Gasteiger partial charge in [-0.2, -0.15) is 17.0 Å². The quantitative estimate of drug-likeness (QED) is 0.726. The fourth-order valence-electron chi connectivity index (χ4n) is 3.56. The van der Waals surface area contributed by atoms with Crippen molar-refractivity contribution in [2.45, 2.75) is 13.0 Å². The Morgan fingerprint density at radius 3 is 2.48 bits per heavy atom. The number of hydrogen-bond donors (Lipinski definition) is 1. The molecule has 0 aromatic heterocycles. The summed E-state index contributed by atoms with van der Waals surface area (Å²) in [6.07, 6.45) is 0.646. The number of nitrogens with one attached hydrogen (secondary N) is 1. The highest BCUT2D eigenvalue weighted by molar-refractivity contribution is 7.86. The largest absolute Gasteiger partial charge is 0.497 e. The summed E-state index contributed by atoms with van der Waals surface area (Å²) in [5, 5.41) is 2.74. The molecule has 1 N–H and O–H groups in total. The standard InChI is InChI=1S/C21H25N3O6S/c1-28-18-6-3-16(4-7-18)14-23-9-2-10-24(31(23,26)27)15-21(25)22-17-5-8-19-20(13-17)30-12-11-29-19/h3-8,13H,2,9-12,14-15H2,1H3,(H,22,25).